The van der Waals surface area contributed by atoms with Gasteiger partial charge in [0.25, 0.3) is 6.47 Å². The molecule has 1 saturated heterocycles. The monoisotopic (exact) mass is 890 g/mol. The lowest BCUT2D eigenvalue weighted by Crippen LogP contribution is -2.79. The van der Waals surface area contributed by atoms with Crippen molar-refractivity contribution in [2.24, 2.45) is 22.7 Å². The van der Waals surface area contributed by atoms with E-state index < -0.39 is 125 Å². The molecule has 11 atom stereocenters. The molecule has 2 aromatic rings. The molecule has 3 fully saturated rings. The van der Waals surface area contributed by atoms with Crippen LogP contribution in [0.1, 0.15) is 103 Å². The molecule has 0 amide bonds. The number of rotatable bonds is 14. The van der Waals surface area contributed by atoms with Crippen LogP contribution < -0.4 is 0 Å². The summed E-state index contributed by atoms with van der Waals surface area (Å²) in [4.78, 5) is 94.8. The SMILES string of the molecule is CC(=O)OC12COC1C[C@@H](O)[C@]1(C)C(=O)[C@@H](O)C3=C(C)[C@H](OC(=O)[C@@H](OC(=O)CCOC=O)[C@H](CC(=O)OC(C)(C)C)c4ccccc4)C[C@@H]([C@H](OC(=O)c4ccccc4)[C@@H]21)C3(C)C. The molecule has 4 aliphatic rings. The van der Waals surface area contributed by atoms with Gasteiger partial charge in [0.1, 0.15) is 36.6 Å². The van der Waals surface area contributed by atoms with Crippen LogP contribution in [0.4, 0.5) is 0 Å². The predicted octanol–water partition coefficient (Wildman–Crippen LogP) is 4.51. The van der Waals surface area contributed by atoms with Crippen LogP contribution in [0.5, 0.6) is 0 Å². The van der Waals surface area contributed by atoms with E-state index in [9.17, 15) is 39.0 Å². The summed E-state index contributed by atoms with van der Waals surface area (Å²) in [5.41, 5.74) is -4.55. The summed E-state index contributed by atoms with van der Waals surface area (Å²) in [7, 11) is 0. The summed E-state index contributed by atoms with van der Waals surface area (Å²) in [5.74, 6) is -8.45. The molecule has 2 bridgehead atoms. The number of ketones is 1. The number of hydrogen-bond acceptors (Lipinski definition) is 16. The quantitative estimate of drug-likeness (QED) is 0.0875. The summed E-state index contributed by atoms with van der Waals surface area (Å²) >= 11 is 0. The lowest BCUT2D eigenvalue weighted by Gasteiger charge is -2.65. The number of hydrogen-bond donors (Lipinski definition) is 2. The Morgan fingerprint density at radius 2 is 1.56 bits per heavy atom. The second-order valence-electron chi connectivity index (χ2n) is 18.9. The predicted molar refractivity (Wildman–Crippen MR) is 224 cm³/mol. The van der Waals surface area contributed by atoms with Crippen molar-refractivity contribution in [3.8, 4) is 0 Å². The zero-order valence-corrected chi connectivity index (χ0v) is 37.4. The van der Waals surface area contributed by atoms with E-state index in [4.69, 9.17) is 33.2 Å². The smallest absolute Gasteiger partial charge is 0.348 e. The number of carbonyl (C=O) groups excluding carboxylic acids is 7. The third-order valence-electron chi connectivity index (χ3n) is 13.4. The number of Topliss-reactive ketones (excluding diaryl/α,β-unsaturated/α-hetero) is 1. The Hall–Kier alpha value is -5.45. The van der Waals surface area contributed by atoms with Gasteiger partial charge in [0.15, 0.2) is 11.4 Å². The van der Waals surface area contributed by atoms with E-state index in [-0.39, 0.29) is 49.2 Å². The number of aliphatic hydroxyl groups is 2. The van der Waals surface area contributed by atoms with Crippen molar-refractivity contribution < 1.29 is 76.9 Å². The molecule has 16 nitrogen and oxygen atoms in total. The number of aliphatic hydroxyl groups excluding tert-OH is 2. The highest BCUT2D eigenvalue weighted by Crippen LogP contribution is 2.63. The van der Waals surface area contributed by atoms with Gasteiger partial charge in [-0.1, -0.05) is 62.4 Å². The average molecular weight is 891 g/mol. The molecule has 2 saturated carbocycles. The molecular weight excluding hydrogens is 833 g/mol. The van der Waals surface area contributed by atoms with Crippen molar-refractivity contribution in [2.45, 2.75) is 135 Å². The van der Waals surface area contributed by atoms with Crippen molar-refractivity contribution in [2.75, 3.05) is 13.2 Å². The molecule has 0 radical (unpaired) electrons. The fourth-order valence-electron chi connectivity index (χ4n) is 10.4. The molecule has 1 heterocycles. The summed E-state index contributed by atoms with van der Waals surface area (Å²) in [6, 6.07) is 16.5. The number of fused-ring (bicyclic) bond motifs is 5. The Morgan fingerprint density at radius 3 is 2.14 bits per heavy atom. The van der Waals surface area contributed by atoms with Crippen LogP contribution in [0.3, 0.4) is 0 Å². The molecule has 64 heavy (non-hydrogen) atoms. The maximum Gasteiger partial charge on any atom is 0.348 e. The normalized spacial score (nSPS) is 30.3. The third-order valence-corrected chi connectivity index (χ3v) is 13.4. The van der Waals surface area contributed by atoms with E-state index in [1.165, 1.54) is 13.8 Å². The molecule has 346 valence electrons. The minimum absolute atomic E-state index is 0.109. The maximum absolute atomic E-state index is 15.1. The zero-order valence-electron chi connectivity index (χ0n) is 37.4. The summed E-state index contributed by atoms with van der Waals surface area (Å²) in [6.45, 7) is 12.4. The number of esters is 5. The molecular formula is C48H58O16. The first-order chi connectivity index (χ1) is 30.1. The second-order valence-corrected chi connectivity index (χ2v) is 18.9. The molecule has 0 spiro atoms. The minimum Gasteiger partial charge on any atom is -0.467 e. The van der Waals surface area contributed by atoms with E-state index in [1.54, 1.807) is 102 Å². The van der Waals surface area contributed by atoms with Gasteiger partial charge in [-0.15, -0.1) is 0 Å². The Morgan fingerprint density at radius 1 is 0.922 bits per heavy atom. The zero-order chi connectivity index (χ0) is 46.9. The molecule has 2 unspecified atom stereocenters. The van der Waals surface area contributed by atoms with Crippen molar-refractivity contribution in [3.05, 3.63) is 82.9 Å². The summed E-state index contributed by atoms with van der Waals surface area (Å²) < 4.78 is 41.0. The summed E-state index contributed by atoms with van der Waals surface area (Å²) in [6.07, 6.45) is -9.77. The van der Waals surface area contributed by atoms with Gasteiger partial charge in [0.05, 0.1) is 42.4 Å². The van der Waals surface area contributed by atoms with Gasteiger partial charge < -0.3 is 43.4 Å². The molecule has 2 N–H and O–H groups in total. The van der Waals surface area contributed by atoms with E-state index >= 15 is 4.79 Å². The van der Waals surface area contributed by atoms with Crippen LogP contribution in [-0.4, -0.2) is 113 Å². The topological polar surface area (TPSA) is 225 Å². The fraction of sp³-hybridized carbons (Fsp3) is 0.562. The Labute approximate surface area is 371 Å². The first kappa shape index (κ1) is 48.0. The highest BCUT2D eigenvalue weighted by molar-refractivity contribution is 5.94. The van der Waals surface area contributed by atoms with Gasteiger partial charge in [0.2, 0.25) is 6.10 Å². The third kappa shape index (κ3) is 9.22. The van der Waals surface area contributed by atoms with E-state index in [2.05, 4.69) is 0 Å². The van der Waals surface area contributed by atoms with Crippen LogP contribution in [0.2, 0.25) is 0 Å². The number of carbonyl (C=O) groups is 7. The molecule has 0 aromatic heterocycles. The molecule has 1 aliphatic heterocycles. The maximum atomic E-state index is 15.1. The molecule has 2 aromatic carbocycles. The van der Waals surface area contributed by atoms with Gasteiger partial charge >= 0.3 is 29.8 Å². The van der Waals surface area contributed by atoms with Crippen LogP contribution in [0, 0.1) is 22.7 Å². The lowest BCUT2D eigenvalue weighted by molar-refractivity contribution is -0.335. The molecule has 6 rings (SSSR count). The highest BCUT2D eigenvalue weighted by atomic mass is 16.6. The first-order valence-electron chi connectivity index (χ1n) is 21.5. The van der Waals surface area contributed by atoms with Crippen LogP contribution >= 0.6 is 0 Å². The van der Waals surface area contributed by atoms with Gasteiger partial charge in [-0.3, -0.25) is 24.0 Å². The first-order valence-corrected chi connectivity index (χ1v) is 21.5. The van der Waals surface area contributed by atoms with Crippen molar-refractivity contribution in [3.63, 3.8) is 0 Å². The van der Waals surface area contributed by atoms with Crippen molar-refractivity contribution in [1.29, 1.82) is 0 Å². The van der Waals surface area contributed by atoms with Crippen LogP contribution in [0.15, 0.2) is 71.8 Å². The second kappa shape index (κ2) is 18.6. The Balaban J connectivity index is 1.49. The van der Waals surface area contributed by atoms with E-state index in [0.29, 0.717) is 5.56 Å². The minimum atomic E-state index is -1.89. The largest absolute Gasteiger partial charge is 0.467 e. The Kier molecular flexibility index (Phi) is 13.9. The van der Waals surface area contributed by atoms with Crippen LogP contribution in [-0.2, 0) is 61.9 Å². The summed E-state index contributed by atoms with van der Waals surface area (Å²) in [5, 5.41) is 24.3. The van der Waals surface area contributed by atoms with Gasteiger partial charge in [-0.2, -0.15) is 0 Å². The number of benzene rings is 2. The van der Waals surface area contributed by atoms with Gasteiger partial charge in [0, 0.05) is 25.2 Å². The molecule has 16 heteroatoms. The fourth-order valence-corrected chi connectivity index (χ4v) is 10.4. The highest BCUT2D eigenvalue weighted by Gasteiger charge is 2.75. The van der Waals surface area contributed by atoms with Crippen molar-refractivity contribution >= 4 is 42.1 Å². The van der Waals surface area contributed by atoms with E-state index in [0.717, 1.165) is 0 Å². The molecule has 3 aliphatic carbocycles. The van der Waals surface area contributed by atoms with Crippen molar-refractivity contribution in [1.82, 2.24) is 0 Å². The van der Waals surface area contributed by atoms with E-state index in [1.807, 2.05) is 0 Å². The standard InChI is InChI=1S/C48H58O16/c1-26-32(60-44(57)39(61-35(52)19-20-58-25-49)30(28-15-11-9-12-16-28)21-36(53)64-45(3,4)5)22-31-40(62-43(56)29-17-13-10-14-18-29)41-47(8,42(55)38(54)37(26)46(31,6)7)33(51)23-34-48(41,24-59-34)63-27(2)50/h9-18,25,30-34,38-41,51,54H,19-24H2,1-8H3/t30-,31+,32-,33-,34?,38+,39+,40+,41-,47+,48?/m1/s1. The lowest BCUT2D eigenvalue weighted by atomic mass is 9.46. The van der Waals surface area contributed by atoms with Crippen LogP contribution in [0.25, 0.3) is 0 Å². The van der Waals surface area contributed by atoms with Gasteiger partial charge in [-0.05, 0) is 75.3 Å². The Bertz CT molecular complexity index is 2140. The van der Waals surface area contributed by atoms with Gasteiger partial charge in [-0.25, -0.2) is 9.59 Å². The average Bonchev–Trinajstić information content (AvgIpc) is 3.22. The number of ether oxygens (including phenoxy) is 7.